The van der Waals surface area contributed by atoms with Crippen LogP contribution in [0.2, 0.25) is 0 Å². The molecule has 0 atom stereocenters. The zero-order valence-corrected chi connectivity index (χ0v) is 7.92. The normalized spacial score (nSPS) is 18.2. The number of nitrogens with zero attached hydrogens (tertiary/aromatic N) is 6. The first-order valence-corrected chi connectivity index (χ1v) is 4.30. The summed E-state index contributed by atoms with van der Waals surface area (Å²) in [6.45, 7) is 0. The molecule has 0 aromatic carbocycles. The summed E-state index contributed by atoms with van der Waals surface area (Å²) < 4.78 is 37.4. The molecule has 2 aliphatic heterocycles. The number of halogens is 3. The Balaban J connectivity index is 2.02. The van der Waals surface area contributed by atoms with Crippen LogP contribution in [0.1, 0.15) is 0 Å². The van der Waals surface area contributed by atoms with Crippen molar-refractivity contribution in [3.8, 4) is 0 Å². The Labute approximate surface area is 91.1 Å². The van der Waals surface area contributed by atoms with E-state index in [1.54, 1.807) is 0 Å². The lowest BCUT2D eigenvalue weighted by atomic mass is 10.4. The monoisotopic (exact) mass is 247 g/mol. The molecule has 0 bridgehead atoms. The third-order valence-corrected chi connectivity index (χ3v) is 2.14. The van der Waals surface area contributed by atoms with Crippen LogP contribution in [0.5, 0.6) is 0 Å². The summed E-state index contributed by atoms with van der Waals surface area (Å²) >= 11 is 0. The highest BCUT2D eigenvalue weighted by atomic mass is 19.4. The lowest BCUT2D eigenvalue weighted by Crippen LogP contribution is -2.48. The Bertz CT molecular complexity index is 532. The van der Waals surface area contributed by atoms with Crippen molar-refractivity contribution in [1.82, 2.24) is 25.7 Å². The maximum Gasteiger partial charge on any atom is 0.500 e. The van der Waals surface area contributed by atoms with Gasteiger partial charge in [0.05, 0.1) is 18.1 Å². The number of aliphatic imine (C=N–C) groups is 1. The number of hydrogen-bond acceptors (Lipinski definition) is 7. The van der Waals surface area contributed by atoms with Crippen LogP contribution in [0.25, 0.3) is 0 Å². The Hall–Kier alpha value is -2.30. The van der Waals surface area contributed by atoms with Crippen molar-refractivity contribution >= 4 is 17.9 Å². The smallest absolute Gasteiger partial charge is 0.409 e. The molecule has 0 saturated heterocycles. The van der Waals surface area contributed by atoms with Crippen LogP contribution < -0.4 is 10.5 Å². The zero-order valence-electron chi connectivity index (χ0n) is 7.92. The van der Waals surface area contributed by atoms with Crippen molar-refractivity contribution in [2.45, 2.75) is 6.30 Å². The van der Waals surface area contributed by atoms with Crippen molar-refractivity contribution in [2.24, 2.45) is 4.99 Å². The highest BCUT2D eigenvalue weighted by Gasteiger charge is 2.43. The first kappa shape index (κ1) is 9.89. The summed E-state index contributed by atoms with van der Waals surface area (Å²) in [5.74, 6) is -0.0772. The molecule has 0 aliphatic carbocycles. The highest BCUT2D eigenvalue weighted by Crippen LogP contribution is 2.34. The molecule has 2 N–H and O–H groups in total. The molecule has 11 heteroatoms. The molecule has 3 rings (SSSR count). The van der Waals surface area contributed by atoms with Gasteiger partial charge in [-0.2, -0.15) is 0 Å². The van der Waals surface area contributed by atoms with Crippen LogP contribution in [0.3, 0.4) is 0 Å². The quantitative estimate of drug-likeness (QED) is 0.501. The van der Waals surface area contributed by atoms with Crippen LogP contribution in [0.15, 0.2) is 16.9 Å². The summed E-state index contributed by atoms with van der Waals surface area (Å²) in [5, 5.41) is 16.9. The van der Waals surface area contributed by atoms with Gasteiger partial charge in [-0.05, 0) is 5.21 Å². The lowest BCUT2D eigenvalue weighted by Gasteiger charge is -2.24. The number of allylic oxidation sites excluding steroid dienone is 1. The van der Waals surface area contributed by atoms with E-state index in [0.29, 0.717) is 4.85 Å². The van der Waals surface area contributed by atoms with Crippen LogP contribution >= 0.6 is 0 Å². The molecule has 1 aromatic heterocycles. The minimum atomic E-state index is -4.59. The molecule has 1 aromatic rings. The fourth-order valence-electron chi connectivity index (χ4n) is 1.44. The van der Waals surface area contributed by atoms with Crippen LogP contribution in [-0.2, 0) is 0 Å². The van der Waals surface area contributed by atoms with Gasteiger partial charge in [0.2, 0.25) is 11.6 Å². The van der Waals surface area contributed by atoms with Gasteiger partial charge >= 0.3 is 6.30 Å². The summed E-state index contributed by atoms with van der Waals surface area (Å²) in [6, 6.07) is 0. The average Bonchev–Trinajstić information content (AvgIpc) is 2.80. The topological polar surface area (TPSA) is 81.8 Å². The van der Waals surface area contributed by atoms with E-state index in [2.05, 4.69) is 15.3 Å². The van der Waals surface area contributed by atoms with Gasteiger partial charge in [0, 0.05) is 0 Å². The van der Waals surface area contributed by atoms with E-state index in [1.807, 2.05) is 5.53 Å². The third kappa shape index (κ3) is 1.32. The van der Waals surface area contributed by atoms with E-state index in [9.17, 15) is 18.4 Å². The Morgan fingerprint density at radius 1 is 1.35 bits per heavy atom. The second-order valence-corrected chi connectivity index (χ2v) is 3.21. The number of alkyl halides is 3. The fraction of sp³-hybridized carbons (Fsp3) is 0.167. The molecule has 0 unspecified atom stereocenters. The molecule has 90 valence electrons. The minimum Gasteiger partial charge on any atom is -0.409 e. The molecule has 0 fully saturated rings. The average molecular weight is 247 g/mol. The zero-order chi connectivity index (χ0) is 12.2. The van der Waals surface area contributed by atoms with Gasteiger partial charge in [-0.25, -0.2) is 15.0 Å². The van der Waals surface area contributed by atoms with Crippen LogP contribution in [0, 0.1) is 0 Å². The molecule has 0 amide bonds. The van der Waals surface area contributed by atoms with E-state index < -0.39 is 6.30 Å². The second kappa shape index (κ2) is 2.88. The predicted molar refractivity (Wildman–Crippen MR) is 47.0 cm³/mol. The largest absolute Gasteiger partial charge is 0.500 e. The number of aromatic nitrogens is 3. The van der Waals surface area contributed by atoms with Gasteiger partial charge in [0.25, 0.3) is 0 Å². The van der Waals surface area contributed by atoms with E-state index in [1.165, 1.54) is 6.21 Å². The summed E-state index contributed by atoms with van der Waals surface area (Å²) in [4.78, 5) is 4.09. The van der Waals surface area contributed by atoms with Crippen molar-refractivity contribution in [3.05, 3.63) is 11.9 Å². The van der Waals surface area contributed by atoms with Gasteiger partial charge in [-0.15, -0.1) is 23.8 Å². The molecule has 0 saturated carbocycles. The highest BCUT2D eigenvalue weighted by molar-refractivity contribution is 5.91. The number of rotatable bonds is 0. The molecular formula is C6H4F3N7O. The fourth-order valence-corrected chi connectivity index (χ4v) is 1.44. The van der Waals surface area contributed by atoms with Crippen LogP contribution in [-0.4, -0.2) is 37.9 Å². The standard InChI is InChI=1S/C6H4F3N7O/c7-6(8,9)14-2-3-1-10-4-5(15(3)13-14)16(17)12-11-4/h1-2,13,17H. The SMILES string of the molecule is On1nnc2c1N1NN(C(F)(F)F)C=C1C=N2. The summed E-state index contributed by atoms with van der Waals surface area (Å²) in [5.41, 5.74) is 2.12. The number of anilines is 1. The number of nitrogens with one attached hydrogen (secondary N) is 1. The van der Waals surface area contributed by atoms with E-state index in [4.69, 9.17) is 0 Å². The van der Waals surface area contributed by atoms with Gasteiger partial charge in [0.15, 0.2) is 0 Å². The number of hydrogen-bond donors (Lipinski definition) is 2. The van der Waals surface area contributed by atoms with E-state index in [-0.39, 0.29) is 22.3 Å². The van der Waals surface area contributed by atoms with Gasteiger partial charge in [-0.3, -0.25) is 0 Å². The van der Waals surface area contributed by atoms with Crippen molar-refractivity contribution in [3.63, 3.8) is 0 Å². The Morgan fingerprint density at radius 2 is 2.12 bits per heavy atom. The number of fused-ring (bicyclic) bond motifs is 3. The lowest BCUT2D eigenvalue weighted by molar-refractivity contribution is -0.241. The van der Waals surface area contributed by atoms with Crippen LogP contribution in [0.4, 0.5) is 24.8 Å². The maximum atomic E-state index is 12.5. The molecule has 2 aliphatic rings. The minimum absolute atomic E-state index is 0.0150. The van der Waals surface area contributed by atoms with E-state index >= 15 is 0 Å². The first-order valence-electron chi connectivity index (χ1n) is 4.30. The van der Waals surface area contributed by atoms with Crippen molar-refractivity contribution in [2.75, 3.05) is 5.01 Å². The maximum absolute atomic E-state index is 12.5. The molecule has 8 nitrogen and oxygen atoms in total. The molecule has 17 heavy (non-hydrogen) atoms. The predicted octanol–water partition coefficient (Wildman–Crippen LogP) is 0.134. The third-order valence-electron chi connectivity index (χ3n) is 2.14. The molecule has 0 spiro atoms. The second-order valence-electron chi connectivity index (χ2n) is 3.21. The van der Waals surface area contributed by atoms with E-state index in [0.717, 1.165) is 11.2 Å². The molecule has 0 radical (unpaired) electrons. The summed E-state index contributed by atoms with van der Waals surface area (Å²) in [6.07, 6.45) is -2.62. The van der Waals surface area contributed by atoms with Gasteiger partial charge in [0.1, 0.15) is 0 Å². The van der Waals surface area contributed by atoms with Crippen molar-refractivity contribution in [1.29, 1.82) is 0 Å². The Morgan fingerprint density at radius 3 is 2.82 bits per heavy atom. The first-order chi connectivity index (χ1) is 7.97. The van der Waals surface area contributed by atoms with Crippen molar-refractivity contribution < 1.29 is 18.4 Å². The molecule has 3 heterocycles. The summed E-state index contributed by atoms with van der Waals surface area (Å²) in [7, 11) is 0. The van der Waals surface area contributed by atoms with Gasteiger partial charge in [-0.1, -0.05) is 4.85 Å². The number of hydrazine groups is 2. The Kier molecular flexibility index (Phi) is 1.68. The van der Waals surface area contributed by atoms with Gasteiger partial charge < -0.3 is 5.21 Å². The molecular weight excluding hydrogens is 243 g/mol.